The second-order valence-electron chi connectivity index (χ2n) is 6.06. The molecule has 7 nitrogen and oxygen atoms in total. The number of anilines is 3. The first-order chi connectivity index (χ1) is 10.9. The predicted octanol–water partition coefficient (Wildman–Crippen LogP) is 2.19. The summed E-state index contributed by atoms with van der Waals surface area (Å²) in [5.41, 5.74) is -0.380. The predicted molar refractivity (Wildman–Crippen MR) is 90.5 cm³/mol. The zero-order valence-corrected chi connectivity index (χ0v) is 13.6. The Hall–Kier alpha value is -2.70. The molecule has 2 aromatic heterocycles. The highest BCUT2D eigenvalue weighted by Crippen LogP contribution is 2.14. The van der Waals surface area contributed by atoms with Crippen molar-refractivity contribution in [2.75, 3.05) is 23.7 Å². The lowest BCUT2D eigenvalue weighted by Gasteiger charge is -2.17. The first-order valence-corrected chi connectivity index (χ1v) is 7.47. The average molecular weight is 314 g/mol. The van der Waals surface area contributed by atoms with E-state index in [-0.39, 0.29) is 11.3 Å². The van der Waals surface area contributed by atoms with E-state index in [2.05, 4.69) is 30.9 Å². The van der Waals surface area contributed by atoms with E-state index in [1.165, 1.54) is 6.33 Å². The fourth-order valence-electron chi connectivity index (χ4n) is 1.72. The van der Waals surface area contributed by atoms with E-state index in [0.717, 1.165) is 5.82 Å². The van der Waals surface area contributed by atoms with Crippen LogP contribution in [0.3, 0.4) is 0 Å². The summed E-state index contributed by atoms with van der Waals surface area (Å²) in [6.45, 7) is 6.77. The molecule has 0 bridgehead atoms. The molecule has 0 fully saturated rings. The van der Waals surface area contributed by atoms with Crippen LogP contribution in [-0.2, 0) is 4.79 Å². The quantitative estimate of drug-likeness (QED) is 0.708. The van der Waals surface area contributed by atoms with Crippen molar-refractivity contribution >= 4 is 23.4 Å². The molecule has 0 saturated carbocycles. The van der Waals surface area contributed by atoms with E-state index < -0.39 is 0 Å². The number of hydrogen-bond acceptors (Lipinski definition) is 6. The first-order valence-electron chi connectivity index (χ1n) is 7.47. The molecular weight excluding hydrogens is 292 g/mol. The molecule has 0 aliphatic carbocycles. The van der Waals surface area contributed by atoms with Gasteiger partial charge in [-0.25, -0.2) is 15.0 Å². The van der Waals surface area contributed by atoms with Gasteiger partial charge in [0.25, 0.3) is 0 Å². The topological polar surface area (TPSA) is 91.8 Å². The third-order valence-corrected chi connectivity index (χ3v) is 2.99. The molecule has 1 amide bonds. The van der Waals surface area contributed by atoms with Crippen molar-refractivity contribution in [2.24, 2.45) is 5.41 Å². The van der Waals surface area contributed by atoms with Crippen LogP contribution in [0.25, 0.3) is 0 Å². The Morgan fingerprint density at radius 1 is 1.04 bits per heavy atom. The summed E-state index contributed by atoms with van der Waals surface area (Å²) < 4.78 is 0. The van der Waals surface area contributed by atoms with Gasteiger partial charge in [0.2, 0.25) is 5.91 Å². The Balaban J connectivity index is 1.82. The molecular formula is C16H22N6O. The highest BCUT2D eigenvalue weighted by atomic mass is 16.2. The number of nitrogens with one attached hydrogen (secondary N) is 3. The summed E-state index contributed by atoms with van der Waals surface area (Å²) >= 11 is 0. The smallest absolute Gasteiger partial charge is 0.225 e. The van der Waals surface area contributed by atoms with E-state index in [9.17, 15) is 4.79 Å². The molecule has 0 unspecified atom stereocenters. The molecule has 7 heteroatoms. The number of carbonyl (C=O) groups excluding carboxylic acids is 1. The molecule has 0 spiro atoms. The van der Waals surface area contributed by atoms with Gasteiger partial charge in [0, 0.05) is 30.8 Å². The van der Waals surface area contributed by atoms with Crippen molar-refractivity contribution in [1.29, 1.82) is 0 Å². The lowest BCUT2D eigenvalue weighted by atomic mass is 9.96. The standard InChI is InChI=1S/C16H22N6O/c1-16(2,3)15(23)19-9-8-18-13-10-14(21-11-20-13)22-12-6-4-5-7-17-12/h4-7,10-11H,8-9H2,1-3H3,(H,19,23)(H2,17,18,20,21,22). The minimum absolute atomic E-state index is 0.0273. The van der Waals surface area contributed by atoms with Gasteiger partial charge in [0.1, 0.15) is 23.8 Å². The van der Waals surface area contributed by atoms with Crippen molar-refractivity contribution < 1.29 is 4.79 Å². The van der Waals surface area contributed by atoms with Crippen LogP contribution in [0.4, 0.5) is 17.5 Å². The normalized spacial score (nSPS) is 10.9. The van der Waals surface area contributed by atoms with Crippen LogP contribution >= 0.6 is 0 Å². The Morgan fingerprint density at radius 3 is 2.52 bits per heavy atom. The maximum Gasteiger partial charge on any atom is 0.225 e. The Labute approximate surface area is 136 Å². The van der Waals surface area contributed by atoms with Crippen molar-refractivity contribution in [2.45, 2.75) is 20.8 Å². The molecule has 2 aromatic rings. The third kappa shape index (κ3) is 5.54. The van der Waals surface area contributed by atoms with Gasteiger partial charge >= 0.3 is 0 Å². The molecule has 23 heavy (non-hydrogen) atoms. The van der Waals surface area contributed by atoms with E-state index in [1.54, 1.807) is 12.3 Å². The minimum atomic E-state index is -0.380. The van der Waals surface area contributed by atoms with Gasteiger partial charge in [-0.05, 0) is 12.1 Å². The van der Waals surface area contributed by atoms with Gasteiger partial charge < -0.3 is 16.0 Å². The van der Waals surface area contributed by atoms with E-state index in [0.29, 0.717) is 24.7 Å². The van der Waals surface area contributed by atoms with Gasteiger partial charge in [-0.2, -0.15) is 0 Å². The van der Waals surface area contributed by atoms with Crippen LogP contribution in [0.5, 0.6) is 0 Å². The second-order valence-corrected chi connectivity index (χ2v) is 6.06. The van der Waals surface area contributed by atoms with Crippen LogP contribution in [-0.4, -0.2) is 33.9 Å². The molecule has 0 radical (unpaired) electrons. The van der Waals surface area contributed by atoms with Gasteiger partial charge in [0.15, 0.2) is 0 Å². The molecule has 0 aliphatic heterocycles. The molecule has 0 aliphatic rings. The number of pyridine rings is 1. The molecule has 2 heterocycles. The monoisotopic (exact) mass is 314 g/mol. The summed E-state index contributed by atoms with van der Waals surface area (Å²) in [5, 5.41) is 9.13. The summed E-state index contributed by atoms with van der Waals surface area (Å²) in [4.78, 5) is 24.2. The Kier molecular flexibility index (Phi) is 5.46. The summed E-state index contributed by atoms with van der Waals surface area (Å²) in [7, 11) is 0. The Morgan fingerprint density at radius 2 is 1.83 bits per heavy atom. The summed E-state index contributed by atoms with van der Waals surface area (Å²) in [6, 6.07) is 7.40. The molecule has 0 aromatic carbocycles. The van der Waals surface area contributed by atoms with Crippen molar-refractivity contribution in [3.05, 3.63) is 36.8 Å². The maximum absolute atomic E-state index is 11.8. The minimum Gasteiger partial charge on any atom is -0.368 e. The van der Waals surface area contributed by atoms with Crippen LogP contribution < -0.4 is 16.0 Å². The van der Waals surface area contributed by atoms with Crippen molar-refractivity contribution in [3.63, 3.8) is 0 Å². The molecule has 122 valence electrons. The van der Waals surface area contributed by atoms with E-state index in [1.807, 2.05) is 39.0 Å². The highest BCUT2D eigenvalue weighted by Gasteiger charge is 2.20. The van der Waals surface area contributed by atoms with Crippen LogP contribution in [0.15, 0.2) is 36.8 Å². The number of carbonyl (C=O) groups is 1. The van der Waals surface area contributed by atoms with E-state index in [4.69, 9.17) is 0 Å². The fraction of sp³-hybridized carbons (Fsp3) is 0.375. The van der Waals surface area contributed by atoms with Crippen LogP contribution in [0, 0.1) is 5.41 Å². The zero-order chi connectivity index (χ0) is 16.7. The van der Waals surface area contributed by atoms with Gasteiger partial charge in [-0.1, -0.05) is 26.8 Å². The Bertz CT molecular complexity index is 639. The maximum atomic E-state index is 11.8. The van der Waals surface area contributed by atoms with Gasteiger partial charge in [0.05, 0.1) is 0 Å². The molecule has 2 rings (SSSR count). The molecule has 0 atom stereocenters. The van der Waals surface area contributed by atoms with E-state index >= 15 is 0 Å². The van der Waals surface area contributed by atoms with Crippen LogP contribution in [0.1, 0.15) is 20.8 Å². The first kappa shape index (κ1) is 16.7. The average Bonchev–Trinajstić information content (AvgIpc) is 2.52. The van der Waals surface area contributed by atoms with Gasteiger partial charge in [-0.15, -0.1) is 0 Å². The number of hydrogen-bond donors (Lipinski definition) is 3. The van der Waals surface area contributed by atoms with Crippen LogP contribution in [0.2, 0.25) is 0 Å². The number of rotatable bonds is 6. The lowest BCUT2D eigenvalue weighted by molar-refractivity contribution is -0.128. The van der Waals surface area contributed by atoms with Crippen molar-refractivity contribution in [3.8, 4) is 0 Å². The number of aromatic nitrogens is 3. The third-order valence-electron chi connectivity index (χ3n) is 2.99. The SMILES string of the molecule is CC(C)(C)C(=O)NCCNc1cc(Nc2ccccn2)ncn1. The summed E-state index contributed by atoms with van der Waals surface area (Å²) in [6.07, 6.45) is 3.18. The van der Waals surface area contributed by atoms with Crippen molar-refractivity contribution in [1.82, 2.24) is 20.3 Å². The number of amides is 1. The highest BCUT2D eigenvalue weighted by molar-refractivity contribution is 5.81. The fourth-order valence-corrected chi connectivity index (χ4v) is 1.72. The number of nitrogens with zero attached hydrogens (tertiary/aromatic N) is 3. The summed E-state index contributed by atoms with van der Waals surface area (Å²) in [5.74, 6) is 2.08. The second kappa shape index (κ2) is 7.53. The molecule has 3 N–H and O–H groups in total. The molecule has 0 saturated heterocycles. The lowest BCUT2D eigenvalue weighted by Crippen LogP contribution is -2.37. The van der Waals surface area contributed by atoms with Gasteiger partial charge in [-0.3, -0.25) is 4.79 Å². The zero-order valence-electron chi connectivity index (χ0n) is 13.6. The largest absolute Gasteiger partial charge is 0.368 e.